The smallest absolute Gasteiger partial charge is 0.320 e. The molecule has 0 amide bonds. The summed E-state index contributed by atoms with van der Waals surface area (Å²) in [6, 6.07) is 7.03. The molecular weight excluding hydrogens is 254 g/mol. The minimum atomic E-state index is -0.980. The zero-order valence-corrected chi connectivity index (χ0v) is 11.1. The number of hydrogen-bond donors (Lipinski definition) is 2. The molecule has 0 aliphatic heterocycles. The third kappa shape index (κ3) is 1.92. The summed E-state index contributed by atoms with van der Waals surface area (Å²) in [5.74, 6) is -0.980. The normalized spacial score (nSPS) is 12.9. The van der Waals surface area contributed by atoms with Crippen molar-refractivity contribution in [1.29, 1.82) is 0 Å². The van der Waals surface area contributed by atoms with Crippen LogP contribution < -0.4 is 5.73 Å². The van der Waals surface area contributed by atoms with Gasteiger partial charge in [0.2, 0.25) is 0 Å². The van der Waals surface area contributed by atoms with E-state index in [-0.39, 0.29) is 0 Å². The highest BCUT2D eigenvalue weighted by Crippen LogP contribution is 2.28. The van der Waals surface area contributed by atoms with Crippen LogP contribution in [-0.4, -0.2) is 26.7 Å². The van der Waals surface area contributed by atoms with E-state index in [1.165, 1.54) is 0 Å². The first-order valence-electron chi connectivity index (χ1n) is 6.37. The first-order valence-corrected chi connectivity index (χ1v) is 6.37. The van der Waals surface area contributed by atoms with Gasteiger partial charge in [0.05, 0.1) is 5.52 Å². The Kier molecular flexibility index (Phi) is 2.91. The Balaban J connectivity index is 2.14. The molecule has 3 rings (SSSR count). The Morgan fingerprint density at radius 1 is 1.35 bits per heavy atom. The maximum atomic E-state index is 10.8. The Bertz CT molecular complexity index is 807. The second-order valence-electron chi connectivity index (χ2n) is 4.95. The van der Waals surface area contributed by atoms with Crippen LogP contribution in [0.4, 0.5) is 0 Å². The third-order valence-electron chi connectivity index (χ3n) is 3.65. The number of carbonyl (C=O) groups is 1. The molecule has 5 nitrogen and oxygen atoms in total. The Morgan fingerprint density at radius 3 is 2.90 bits per heavy atom. The van der Waals surface area contributed by atoms with Crippen LogP contribution in [0.2, 0.25) is 0 Å². The van der Waals surface area contributed by atoms with Crippen LogP contribution in [0.3, 0.4) is 0 Å². The summed E-state index contributed by atoms with van der Waals surface area (Å²) >= 11 is 0. The summed E-state index contributed by atoms with van der Waals surface area (Å²) in [5, 5.41) is 11.1. The highest BCUT2D eigenvalue weighted by molar-refractivity contribution is 6.07. The lowest BCUT2D eigenvalue weighted by Crippen LogP contribution is -2.32. The van der Waals surface area contributed by atoms with Gasteiger partial charge in [0.1, 0.15) is 6.04 Å². The molecule has 0 aliphatic carbocycles. The summed E-state index contributed by atoms with van der Waals surface area (Å²) in [4.78, 5) is 15.0. The molecule has 1 aromatic carbocycles. The van der Waals surface area contributed by atoms with Gasteiger partial charge in [-0.2, -0.15) is 0 Å². The number of nitrogens with zero attached hydrogens (tertiary/aromatic N) is 2. The fraction of sp³-hybridized carbons (Fsp3) is 0.200. The number of carboxylic acid groups (broad SMARTS) is 1. The maximum Gasteiger partial charge on any atom is 0.320 e. The molecular formula is C15H15N3O2. The van der Waals surface area contributed by atoms with E-state index >= 15 is 0 Å². The van der Waals surface area contributed by atoms with Gasteiger partial charge in [-0.25, -0.2) is 0 Å². The molecule has 2 aromatic heterocycles. The number of aliphatic carboxylic acids is 1. The van der Waals surface area contributed by atoms with E-state index in [1.807, 2.05) is 37.5 Å². The van der Waals surface area contributed by atoms with Crippen molar-refractivity contribution >= 4 is 27.8 Å². The molecule has 0 saturated heterocycles. The molecule has 20 heavy (non-hydrogen) atoms. The average molecular weight is 269 g/mol. The fourth-order valence-corrected chi connectivity index (χ4v) is 2.57. The van der Waals surface area contributed by atoms with Crippen molar-refractivity contribution in [2.45, 2.75) is 12.5 Å². The second kappa shape index (κ2) is 4.61. The van der Waals surface area contributed by atoms with Crippen LogP contribution >= 0.6 is 0 Å². The van der Waals surface area contributed by atoms with E-state index in [1.54, 1.807) is 6.20 Å². The zero-order valence-electron chi connectivity index (χ0n) is 11.1. The van der Waals surface area contributed by atoms with Gasteiger partial charge in [-0.05, 0) is 24.1 Å². The van der Waals surface area contributed by atoms with Crippen molar-refractivity contribution in [3.63, 3.8) is 0 Å². The van der Waals surface area contributed by atoms with Crippen LogP contribution in [0.25, 0.3) is 21.8 Å². The standard InChI is InChI=1S/C15H15N3O2/c1-18-13-4-5-17-8-11(13)10-3-2-9(7-14(10)18)6-12(16)15(19)20/h2-5,7-8,12H,6,16H2,1H3,(H,19,20). The van der Waals surface area contributed by atoms with Gasteiger partial charge >= 0.3 is 5.97 Å². The summed E-state index contributed by atoms with van der Waals surface area (Å²) in [7, 11) is 1.99. The van der Waals surface area contributed by atoms with Crippen LogP contribution in [0.1, 0.15) is 5.56 Å². The van der Waals surface area contributed by atoms with Crippen LogP contribution in [-0.2, 0) is 18.3 Å². The maximum absolute atomic E-state index is 10.8. The Morgan fingerprint density at radius 2 is 2.15 bits per heavy atom. The monoisotopic (exact) mass is 269 g/mol. The van der Waals surface area contributed by atoms with E-state index in [2.05, 4.69) is 9.55 Å². The SMILES string of the molecule is Cn1c2ccncc2c2ccc(CC(N)C(=O)O)cc21. The summed E-state index contributed by atoms with van der Waals surface area (Å²) in [6.45, 7) is 0. The summed E-state index contributed by atoms with van der Waals surface area (Å²) < 4.78 is 2.09. The van der Waals surface area contributed by atoms with Crippen LogP contribution in [0.15, 0.2) is 36.7 Å². The Hall–Kier alpha value is -2.40. The molecule has 1 atom stereocenters. The van der Waals surface area contributed by atoms with Gasteiger partial charge in [0.25, 0.3) is 0 Å². The molecule has 0 saturated carbocycles. The minimum Gasteiger partial charge on any atom is -0.480 e. The number of benzene rings is 1. The van der Waals surface area contributed by atoms with Gasteiger partial charge < -0.3 is 15.4 Å². The molecule has 102 valence electrons. The number of aromatic nitrogens is 2. The highest BCUT2D eigenvalue weighted by Gasteiger charge is 2.14. The summed E-state index contributed by atoms with van der Waals surface area (Å²) in [6.07, 6.45) is 3.94. The second-order valence-corrected chi connectivity index (χ2v) is 4.95. The van der Waals surface area contributed by atoms with E-state index in [0.29, 0.717) is 6.42 Å². The van der Waals surface area contributed by atoms with Crippen molar-refractivity contribution in [2.75, 3.05) is 0 Å². The van der Waals surface area contributed by atoms with E-state index in [0.717, 1.165) is 27.4 Å². The number of carboxylic acids is 1. The number of rotatable bonds is 3. The number of fused-ring (bicyclic) bond motifs is 3. The molecule has 3 N–H and O–H groups in total. The Labute approximate surface area is 115 Å². The van der Waals surface area contributed by atoms with Gasteiger partial charge in [-0.3, -0.25) is 9.78 Å². The van der Waals surface area contributed by atoms with Crippen LogP contribution in [0.5, 0.6) is 0 Å². The predicted molar refractivity (Wildman–Crippen MR) is 77.5 cm³/mol. The number of nitrogens with two attached hydrogens (primary N) is 1. The molecule has 0 aliphatic rings. The number of hydrogen-bond acceptors (Lipinski definition) is 3. The molecule has 5 heteroatoms. The van der Waals surface area contributed by atoms with Gasteiger partial charge in [-0.1, -0.05) is 12.1 Å². The van der Waals surface area contributed by atoms with E-state index in [9.17, 15) is 4.79 Å². The molecule has 2 heterocycles. The molecule has 0 radical (unpaired) electrons. The fourth-order valence-electron chi connectivity index (χ4n) is 2.57. The topological polar surface area (TPSA) is 81.1 Å². The van der Waals surface area contributed by atoms with Crippen molar-refractivity contribution in [1.82, 2.24) is 9.55 Å². The van der Waals surface area contributed by atoms with E-state index in [4.69, 9.17) is 10.8 Å². The molecule has 0 bridgehead atoms. The van der Waals surface area contributed by atoms with Crippen molar-refractivity contribution < 1.29 is 9.90 Å². The quantitative estimate of drug-likeness (QED) is 0.758. The number of pyridine rings is 1. The lowest BCUT2D eigenvalue weighted by molar-refractivity contribution is -0.138. The molecule has 0 spiro atoms. The van der Waals surface area contributed by atoms with Crippen molar-refractivity contribution in [2.24, 2.45) is 12.8 Å². The summed E-state index contributed by atoms with van der Waals surface area (Å²) in [5.41, 5.74) is 8.68. The third-order valence-corrected chi connectivity index (χ3v) is 3.65. The minimum absolute atomic E-state index is 0.324. The van der Waals surface area contributed by atoms with Gasteiger partial charge in [0, 0.05) is 35.7 Å². The zero-order chi connectivity index (χ0) is 14.3. The first-order chi connectivity index (χ1) is 9.58. The van der Waals surface area contributed by atoms with Gasteiger partial charge in [0.15, 0.2) is 0 Å². The highest BCUT2D eigenvalue weighted by atomic mass is 16.4. The largest absolute Gasteiger partial charge is 0.480 e. The average Bonchev–Trinajstić information content (AvgIpc) is 2.73. The van der Waals surface area contributed by atoms with Crippen LogP contribution in [0, 0.1) is 0 Å². The number of aryl methyl sites for hydroxylation is 1. The molecule has 0 fully saturated rings. The van der Waals surface area contributed by atoms with Crippen molar-refractivity contribution in [3.05, 3.63) is 42.2 Å². The predicted octanol–water partition coefficient (Wildman–Crippen LogP) is 1.68. The molecule has 3 aromatic rings. The lowest BCUT2D eigenvalue weighted by Gasteiger charge is -2.07. The van der Waals surface area contributed by atoms with Crippen molar-refractivity contribution in [3.8, 4) is 0 Å². The van der Waals surface area contributed by atoms with E-state index < -0.39 is 12.0 Å². The lowest BCUT2D eigenvalue weighted by atomic mass is 10.0. The first kappa shape index (κ1) is 12.6. The molecule has 1 unspecified atom stereocenters. The van der Waals surface area contributed by atoms with Gasteiger partial charge in [-0.15, -0.1) is 0 Å².